The molecule has 0 fully saturated rings. The molecule has 0 N–H and O–H groups in total. The zero-order valence-electron chi connectivity index (χ0n) is 21.3. The molecule has 4 nitrogen and oxygen atoms in total. The molecule has 0 aliphatic heterocycles. The van der Waals surface area contributed by atoms with Gasteiger partial charge in [-0.15, -0.1) is 23.2 Å². The second-order valence-corrected chi connectivity index (χ2v) is 11.1. The van der Waals surface area contributed by atoms with Gasteiger partial charge < -0.3 is 9.80 Å². The number of Topliss-reactive ketones (excluding diaryl/α,β-unsaturated/α-hetero) is 2. The van der Waals surface area contributed by atoms with Crippen molar-refractivity contribution in [3.63, 3.8) is 0 Å². The number of hydrogen-bond acceptors (Lipinski definition) is 4. The Morgan fingerprint density at radius 2 is 0.941 bits per heavy atom. The normalized spacial score (nSPS) is 12.4. The monoisotopic (exact) mass is 504 g/mol. The number of halogens is 2. The predicted octanol–water partition coefficient (Wildman–Crippen LogP) is 6.15. The minimum absolute atomic E-state index is 0.0733. The van der Waals surface area contributed by atoms with Crippen molar-refractivity contribution in [3.05, 3.63) is 70.8 Å². The van der Waals surface area contributed by atoms with Crippen LogP contribution in [0, 0.1) is 10.8 Å². The molecule has 2 aromatic rings. The van der Waals surface area contributed by atoms with Crippen LogP contribution in [0.2, 0.25) is 0 Å². The van der Waals surface area contributed by atoms with E-state index >= 15 is 0 Å². The Kier molecular flexibility index (Phi) is 10.3. The number of carbonyl (C=O) groups is 2. The van der Waals surface area contributed by atoms with E-state index in [1.807, 2.05) is 76.2 Å². The molecule has 34 heavy (non-hydrogen) atoms. The molecular formula is C28H38Cl2N2O2. The van der Waals surface area contributed by atoms with Crippen LogP contribution >= 0.6 is 23.2 Å². The maximum atomic E-state index is 12.5. The van der Waals surface area contributed by atoms with E-state index in [1.54, 1.807) is 0 Å². The molecule has 0 saturated carbocycles. The Hall–Kier alpha value is -1.72. The van der Waals surface area contributed by atoms with E-state index < -0.39 is 10.8 Å². The van der Waals surface area contributed by atoms with Gasteiger partial charge in [0.25, 0.3) is 0 Å². The molecule has 6 heteroatoms. The van der Waals surface area contributed by atoms with Crippen molar-refractivity contribution in [1.29, 1.82) is 0 Å². The Bertz CT molecular complexity index is 874. The van der Waals surface area contributed by atoms with Gasteiger partial charge in [0.1, 0.15) is 0 Å². The first-order valence-electron chi connectivity index (χ1n) is 11.7. The Morgan fingerprint density at radius 1 is 0.647 bits per heavy atom. The molecule has 0 aliphatic carbocycles. The lowest BCUT2D eigenvalue weighted by atomic mass is 9.86. The molecule has 0 saturated heterocycles. The number of alkyl halides is 2. The molecule has 2 aromatic carbocycles. The van der Waals surface area contributed by atoms with Gasteiger partial charge in [-0.05, 0) is 25.2 Å². The smallest absolute Gasteiger partial charge is 0.169 e. The van der Waals surface area contributed by atoms with Crippen LogP contribution in [-0.4, -0.2) is 60.3 Å². The average molecular weight is 506 g/mol. The van der Waals surface area contributed by atoms with E-state index in [2.05, 4.69) is 23.9 Å². The fourth-order valence-electron chi connectivity index (χ4n) is 3.55. The lowest BCUT2D eigenvalue weighted by Gasteiger charge is -2.23. The number of nitrogens with zero attached hydrogens (tertiary/aromatic N) is 2. The molecule has 0 atom stereocenters. The summed E-state index contributed by atoms with van der Waals surface area (Å²) in [6, 6.07) is 15.7. The zero-order valence-corrected chi connectivity index (χ0v) is 22.8. The second kappa shape index (κ2) is 12.3. The van der Waals surface area contributed by atoms with E-state index in [-0.39, 0.29) is 11.6 Å². The van der Waals surface area contributed by atoms with E-state index in [1.165, 1.54) is 11.1 Å². The summed E-state index contributed by atoms with van der Waals surface area (Å²) in [5, 5.41) is 0. The van der Waals surface area contributed by atoms with Gasteiger partial charge in [0, 0.05) is 59.9 Å². The molecule has 0 amide bonds. The van der Waals surface area contributed by atoms with Crippen molar-refractivity contribution < 1.29 is 9.59 Å². The summed E-state index contributed by atoms with van der Waals surface area (Å²) in [4.78, 5) is 29.6. The average Bonchev–Trinajstić information content (AvgIpc) is 2.82. The number of ketones is 2. The van der Waals surface area contributed by atoms with Gasteiger partial charge >= 0.3 is 0 Å². The first-order valence-corrected chi connectivity index (χ1v) is 12.7. The number of carbonyl (C=O) groups excluding carboxylic acids is 2. The predicted molar refractivity (Wildman–Crippen MR) is 143 cm³/mol. The van der Waals surface area contributed by atoms with Crippen LogP contribution in [0.15, 0.2) is 48.5 Å². The van der Waals surface area contributed by atoms with Gasteiger partial charge in [0.2, 0.25) is 0 Å². The Balaban J connectivity index is 1.83. The maximum Gasteiger partial charge on any atom is 0.169 e. The first-order chi connectivity index (χ1) is 15.9. The standard InChI is InChI=1S/C28H38Cl2N2O2/c1-27(2,19-29)25(33)23-11-7-21(8-12-23)17-31(5)15-16-32(6)18-22-9-13-24(14-10-22)26(34)28(3,4)20-30/h7-14H,15-20H2,1-6H3. The van der Waals surface area contributed by atoms with Crippen LogP contribution in [0.4, 0.5) is 0 Å². The minimum atomic E-state index is -0.554. The van der Waals surface area contributed by atoms with Crippen LogP contribution < -0.4 is 0 Å². The quantitative estimate of drug-likeness (QED) is 0.242. The van der Waals surface area contributed by atoms with Crippen molar-refractivity contribution in [2.45, 2.75) is 40.8 Å². The third kappa shape index (κ3) is 7.91. The van der Waals surface area contributed by atoms with E-state index in [0.717, 1.165) is 26.2 Å². The van der Waals surface area contributed by atoms with E-state index in [9.17, 15) is 9.59 Å². The topological polar surface area (TPSA) is 40.6 Å². The van der Waals surface area contributed by atoms with Crippen molar-refractivity contribution in [1.82, 2.24) is 9.80 Å². The van der Waals surface area contributed by atoms with Gasteiger partial charge in [-0.2, -0.15) is 0 Å². The summed E-state index contributed by atoms with van der Waals surface area (Å²) in [5.74, 6) is 0.754. The molecule has 0 unspecified atom stereocenters. The fourth-order valence-corrected chi connectivity index (χ4v) is 3.79. The van der Waals surface area contributed by atoms with Crippen LogP contribution in [0.5, 0.6) is 0 Å². The van der Waals surface area contributed by atoms with Crippen LogP contribution in [0.3, 0.4) is 0 Å². The van der Waals surface area contributed by atoms with Crippen molar-refractivity contribution in [3.8, 4) is 0 Å². The largest absolute Gasteiger partial charge is 0.301 e. The summed E-state index contributed by atoms with van der Waals surface area (Å²) >= 11 is 11.9. The number of benzene rings is 2. The maximum absolute atomic E-state index is 12.5. The second-order valence-electron chi connectivity index (χ2n) is 10.6. The Labute approximate surface area is 215 Å². The van der Waals surface area contributed by atoms with Crippen LogP contribution in [0.1, 0.15) is 59.5 Å². The van der Waals surface area contributed by atoms with Gasteiger partial charge in [-0.3, -0.25) is 9.59 Å². The molecular weight excluding hydrogens is 467 g/mol. The molecule has 0 heterocycles. The van der Waals surface area contributed by atoms with Crippen molar-refractivity contribution in [2.75, 3.05) is 38.9 Å². The minimum Gasteiger partial charge on any atom is -0.301 e. The third-order valence-corrected chi connectivity index (χ3v) is 7.43. The van der Waals surface area contributed by atoms with Crippen molar-refractivity contribution >= 4 is 34.8 Å². The van der Waals surface area contributed by atoms with Gasteiger partial charge in [-0.25, -0.2) is 0 Å². The lowest BCUT2D eigenvalue weighted by molar-refractivity contribution is 0.0856. The number of hydrogen-bond donors (Lipinski definition) is 0. The molecule has 0 aliphatic rings. The van der Waals surface area contributed by atoms with Gasteiger partial charge in [-0.1, -0.05) is 76.2 Å². The highest BCUT2D eigenvalue weighted by Crippen LogP contribution is 2.25. The summed E-state index contributed by atoms with van der Waals surface area (Å²) < 4.78 is 0. The Morgan fingerprint density at radius 3 is 1.21 bits per heavy atom. The zero-order chi connectivity index (χ0) is 25.5. The number of likely N-dealkylation sites (N-methyl/N-ethyl adjacent to an activating group) is 2. The molecule has 2 rings (SSSR count). The highest BCUT2D eigenvalue weighted by molar-refractivity contribution is 6.21. The highest BCUT2D eigenvalue weighted by Gasteiger charge is 2.28. The fraction of sp³-hybridized carbons (Fsp3) is 0.500. The summed E-state index contributed by atoms with van der Waals surface area (Å²) in [5.41, 5.74) is 2.64. The van der Waals surface area contributed by atoms with Gasteiger partial charge in [0.15, 0.2) is 11.6 Å². The van der Waals surface area contributed by atoms with E-state index in [4.69, 9.17) is 23.2 Å². The SMILES string of the molecule is CN(CCN(C)Cc1ccc(C(=O)C(C)(C)CCl)cc1)Cc1ccc(C(=O)C(C)(C)CCl)cc1. The van der Waals surface area contributed by atoms with E-state index in [0.29, 0.717) is 22.9 Å². The molecule has 0 bridgehead atoms. The lowest BCUT2D eigenvalue weighted by Crippen LogP contribution is -2.30. The molecule has 0 radical (unpaired) electrons. The van der Waals surface area contributed by atoms with Crippen molar-refractivity contribution in [2.24, 2.45) is 10.8 Å². The van der Waals surface area contributed by atoms with Crippen LogP contribution in [-0.2, 0) is 13.1 Å². The summed E-state index contributed by atoms with van der Waals surface area (Å²) in [6.45, 7) is 10.9. The third-order valence-electron chi connectivity index (χ3n) is 6.10. The first kappa shape index (κ1) is 28.5. The van der Waals surface area contributed by atoms with Crippen LogP contribution in [0.25, 0.3) is 0 Å². The number of rotatable bonds is 13. The highest BCUT2D eigenvalue weighted by atomic mass is 35.5. The van der Waals surface area contributed by atoms with Gasteiger partial charge in [0.05, 0.1) is 0 Å². The molecule has 186 valence electrons. The molecule has 0 aromatic heterocycles. The molecule has 0 spiro atoms. The summed E-state index contributed by atoms with van der Waals surface area (Å²) in [6.07, 6.45) is 0. The summed E-state index contributed by atoms with van der Waals surface area (Å²) in [7, 11) is 4.20.